The molecule has 0 radical (unpaired) electrons. The Morgan fingerprint density at radius 2 is 0.889 bits per heavy atom. The topological polar surface area (TPSA) is 6.48 Å². The Hall–Kier alpha value is -6.16. The summed E-state index contributed by atoms with van der Waals surface area (Å²) in [5, 5.41) is 0. The monoisotopic (exact) mass is 758 g/mol. The molecule has 0 bridgehead atoms. The highest BCUT2D eigenvalue weighted by molar-refractivity contribution is 9.10. The van der Waals surface area contributed by atoms with Crippen molar-refractivity contribution < 1.29 is 0 Å². The maximum absolute atomic E-state index is 3.98. The lowest BCUT2D eigenvalue weighted by molar-refractivity contribution is 0.660. The molecule has 0 amide bonds. The largest absolute Gasteiger partial charge is 0.310 e. The highest BCUT2D eigenvalue weighted by Crippen LogP contribution is 2.51. The van der Waals surface area contributed by atoms with Crippen molar-refractivity contribution in [2.75, 3.05) is 9.80 Å². The molecule has 0 atom stereocenters. The fraction of sp³-hybridized carbons (Fsp3) is 0.0588. The van der Waals surface area contributed by atoms with Gasteiger partial charge in [-0.2, -0.15) is 0 Å². The van der Waals surface area contributed by atoms with E-state index in [1.54, 1.807) is 0 Å². The molecule has 2 nitrogen and oxygen atoms in total. The first kappa shape index (κ1) is 33.7. The van der Waals surface area contributed by atoms with Gasteiger partial charge in [0.05, 0.1) is 5.69 Å². The molecule has 0 N–H and O–H groups in total. The standard InChI is InChI=1S/C51H39BrN2/c1-51(2)48-26-16-15-25-45(48)46-29-28-42(35-49(46)51)53(40-21-11-5-12-22-40)43-32-39(52)33-44(34-43)54(41-23-13-6-14-24-41)50-30-27-38(36-17-7-3-8-18-36)31-47(50)37-19-9-4-10-20-37/h3-35H,1-2H3. The smallest absolute Gasteiger partial charge is 0.0540 e. The molecule has 8 aromatic carbocycles. The van der Waals surface area contributed by atoms with E-state index < -0.39 is 0 Å². The van der Waals surface area contributed by atoms with Crippen molar-refractivity contribution in [2.45, 2.75) is 19.3 Å². The van der Waals surface area contributed by atoms with Gasteiger partial charge in [0.2, 0.25) is 0 Å². The van der Waals surface area contributed by atoms with Gasteiger partial charge >= 0.3 is 0 Å². The molecular formula is C51H39BrN2. The van der Waals surface area contributed by atoms with Crippen molar-refractivity contribution in [1.29, 1.82) is 0 Å². The zero-order valence-corrected chi connectivity index (χ0v) is 31.9. The van der Waals surface area contributed by atoms with E-state index >= 15 is 0 Å². The van der Waals surface area contributed by atoms with Crippen molar-refractivity contribution >= 4 is 50.1 Å². The number of halogens is 1. The van der Waals surface area contributed by atoms with Crippen LogP contribution in [0.5, 0.6) is 0 Å². The van der Waals surface area contributed by atoms with E-state index in [2.05, 4.69) is 240 Å². The third-order valence-corrected chi connectivity index (χ3v) is 11.1. The van der Waals surface area contributed by atoms with Gasteiger partial charge in [-0.3, -0.25) is 0 Å². The lowest BCUT2D eigenvalue weighted by atomic mass is 9.82. The van der Waals surface area contributed by atoms with Crippen LogP contribution >= 0.6 is 15.9 Å². The van der Waals surface area contributed by atoms with Crippen LogP contribution in [0, 0.1) is 0 Å². The Morgan fingerprint density at radius 1 is 0.352 bits per heavy atom. The van der Waals surface area contributed by atoms with Crippen molar-refractivity contribution in [1.82, 2.24) is 0 Å². The van der Waals surface area contributed by atoms with Crippen LogP contribution in [0.15, 0.2) is 205 Å². The molecule has 0 heterocycles. The van der Waals surface area contributed by atoms with Crippen LogP contribution < -0.4 is 9.80 Å². The van der Waals surface area contributed by atoms with Crippen LogP contribution in [0.3, 0.4) is 0 Å². The van der Waals surface area contributed by atoms with Crippen molar-refractivity contribution in [3.05, 3.63) is 216 Å². The summed E-state index contributed by atoms with van der Waals surface area (Å²) in [5.74, 6) is 0. The number of benzene rings is 8. The molecule has 1 aliphatic rings. The van der Waals surface area contributed by atoms with E-state index in [1.807, 2.05) is 0 Å². The van der Waals surface area contributed by atoms with Gasteiger partial charge < -0.3 is 9.80 Å². The second-order valence-corrected chi connectivity index (χ2v) is 15.3. The second kappa shape index (κ2) is 14.0. The molecular weight excluding hydrogens is 720 g/mol. The van der Waals surface area contributed by atoms with E-state index in [0.717, 1.165) is 49.7 Å². The summed E-state index contributed by atoms with van der Waals surface area (Å²) in [6, 6.07) is 72.2. The normalized spacial score (nSPS) is 12.5. The minimum absolute atomic E-state index is 0.114. The molecule has 0 saturated carbocycles. The van der Waals surface area contributed by atoms with Crippen molar-refractivity contribution in [3.8, 4) is 33.4 Å². The molecule has 3 heteroatoms. The molecule has 0 aromatic heterocycles. The van der Waals surface area contributed by atoms with E-state index in [0.29, 0.717) is 0 Å². The molecule has 54 heavy (non-hydrogen) atoms. The van der Waals surface area contributed by atoms with Crippen LogP contribution in [-0.4, -0.2) is 0 Å². The summed E-state index contributed by atoms with van der Waals surface area (Å²) < 4.78 is 0.993. The van der Waals surface area contributed by atoms with Crippen LogP contribution in [0.2, 0.25) is 0 Å². The molecule has 0 fully saturated rings. The summed E-state index contributed by atoms with van der Waals surface area (Å²) in [5.41, 5.74) is 16.4. The van der Waals surface area contributed by atoms with Gasteiger partial charge in [-0.25, -0.2) is 0 Å². The van der Waals surface area contributed by atoms with Gasteiger partial charge in [-0.1, -0.05) is 163 Å². The quantitative estimate of drug-likeness (QED) is 0.152. The van der Waals surface area contributed by atoms with Crippen molar-refractivity contribution in [3.63, 3.8) is 0 Å². The van der Waals surface area contributed by atoms with Gasteiger partial charge in [0.15, 0.2) is 0 Å². The van der Waals surface area contributed by atoms with Crippen LogP contribution in [0.1, 0.15) is 25.0 Å². The first-order chi connectivity index (χ1) is 26.5. The fourth-order valence-electron chi connectivity index (χ4n) is 8.07. The zero-order valence-electron chi connectivity index (χ0n) is 30.3. The highest BCUT2D eigenvalue weighted by Gasteiger charge is 2.35. The molecule has 0 unspecified atom stereocenters. The maximum Gasteiger partial charge on any atom is 0.0540 e. The number of anilines is 6. The summed E-state index contributed by atoms with van der Waals surface area (Å²) >= 11 is 3.98. The molecule has 0 spiro atoms. The number of para-hydroxylation sites is 2. The fourth-order valence-corrected chi connectivity index (χ4v) is 8.54. The Bertz CT molecular complexity index is 2580. The lowest BCUT2D eigenvalue weighted by Crippen LogP contribution is -2.17. The van der Waals surface area contributed by atoms with Gasteiger partial charge in [0.25, 0.3) is 0 Å². The molecule has 0 saturated heterocycles. The predicted molar refractivity (Wildman–Crippen MR) is 232 cm³/mol. The SMILES string of the molecule is CC1(C)c2ccccc2-c2ccc(N(c3ccccc3)c3cc(Br)cc(N(c4ccccc4)c4ccc(-c5ccccc5)cc4-c4ccccc4)c3)cc21. The van der Waals surface area contributed by atoms with E-state index in [9.17, 15) is 0 Å². The van der Waals surface area contributed by atoms with Gasteiger partial charge in [-0.15, -0.1) is 0 Å². The van der Waals surface area contributed by atoms with Gasteiger partial charge in [-0.05, 0) is 106 Å². The van der Waals surface area contributed by atoms with Gasteiger partial charge in [0, 0.05) is 43.9 Å². The number of fused-ring (bicyclic) bond motifs is 3. The lowest BCUT2D eigenvalue weighted by Gasteiger charge is -2.31. The van der Waals surface area contributed by atoms with E-state index in [4.69, 9.17) is 0 Å². The third kappa shape index (κ3) is 6.11. The minimum atomic E-state index is -0.114. The highest BCUT2D eigenvalue weighted by atomic mass is 79.9. The Kier molecular flexibility index (Phi) is 8.73. The molecule has 9 rings (SSSR count). The Morgan fingerprint density at radius 3 is 1.56 bits per heavy atom. The first-order valence-electron chi connectivity index (χ1n) is 18.5. The molecule has 1 aliphatic carbocycles. The number of hydrogen-bond donors (Lipinski definition) is 0. The van der Waals surface area contributed by atoms with Gasteiger partial charge in [0.1, 0.15) is 0 Å². The summed E-state index contributed by atoms with van der Waals surface area (Å²) in [4.78, 5) is 4.77. The second-order valence-electron chi connectivity index (χ2n) is 14.4. The average molecular weight is 760 g/mol. The van der Waals surface area contributed by atoms with Crippen molar-refractivity contribution in [2.24, 2.45) is 0 Å². The number of rotatable bonds is 8. The molecule has 260 valence electrons. The zero-order chi connectivity index (χ0) is 36.6. The minimum Gasteiger partial charge on any atom is -0.310 e. The van der Waals surface area contributed by atoms with E-state index in [1.165, 1.54) is 33.4 Å². The van der Waals surface area contributed by atoms with Crippen LogP contribution in [-0.2, 0) is 5.41 Å². The maximum atomic E-state index is 3.98. The molecule has 8 aromatic rings. The van der Waals surface area contributed by atoms with Crippen LogP contribution in [0.25, 0.3) is 33.4 Å². The number of hydrogen-bond acceptors (Lipinski definition) is 2. The first-order valence-corrected chi connectivity index (χ1v) is 19.3. The Labute approximate surface area is 326 Å². The third-order valence-electron chi connectivity index (χ3n) is 10.7. The molecule has 0 aliphatic heterocycles. The summed E-state index contributed by atoms with van der Waals surface area (Å²) in [7, 11) is 0. The average Bonchev–Trinajstić information content (AvgIpc) is 3.45. The number of nitrogens with zero attached hydrogens (tertiary/aromatic N) is 2. The summed E-state index contributed by atoms with van der Waals surface area (Å²) in [6.07, 6.45) is 0. The Balaban J connectivity index is 1.24. The summed E-state index contributed by atoms with van der Waals surface area (Å²) in [6.45, 7) is 4.69. The predicted octanol–water partition coefficient (Wildman–Crippen LogP) is 15.0. The van der Waals surface area contributed by atoms with E-state index in [-0.39, 0.29) is 5.41 Å². The van der Waals surface area contributed by atoms with Crippen LogP contribution in [0.4, 0.5) is 34.1 Å².